The molecule has 0 N–H and O–H groups in total. The van der Waals surface area contributed by atoms with Crippen LogP contribution < -0.4 is 0 Å². The molecule has 2 heterocycles. The van der Waals surface area contributed by atoms with Crippen LogP contribution in [0.1, 0.15) is 30.0 Å². The molecule has 0 saturated carbocycles. The minimum absolute atomic E-state index is 0.341. The standard InChI is InChI=1S/C11H15N5/c1-8-6-9(10-4-3-5-16(10)2)11(13-7-8)14-15-12/h6-7,10H,3-5H2,1-2H3. The molecule has 0 aromatic carbocycles. The second kappa shape index (κ2) is 4.51. The van der Waals surface area contributed by atoms with Gasteiger partial charge in [-0.15, -0.1) is 0 Å². The van der Waals surface area contributed by atoms with Gasteiger partial charge in [-0.3, -0.25) is 9.88 Å². The van der Waals surface area contributed by atoms with E-state index in [1.807, 2.05) is 6.92 Å². The molecule has 1 atom stereocenters. The van der Waals surface area contributed by atoms with Crippen molar-refractivity contribution in [3.8, 4) is 0 Å². The molecule has 1 fully saturated rings. The van der Waals surface area contributed by atoms with E-state index in [4.69, 9.17) is 5.53 Å². The molecule has 0 spiro atoms. The summed E-state index contributed by atoms with van der Waals surface area (Å²) in [5.41, 5.74) is 10.7. The lowest BCUT2D eigenvalue weighted by Gasteiger charge is -2.21. The van der Waals surface area contributed by atoms with Gasteiger partial charge in [0.05, 0.1) is 0 Å². The first-order valence-electron chi connectivity index (χ1n) is 5.44. The molecule has 1 aliphatic rings. The van der Waals surface area contributed by atoms with Crippen LogP contribution >= 0.6 is 0 Å². The van der Waals surface area contributed by atoms with Crippen molar-refractivity contribution < 1.29 is 0 Å². The minimum atomic E-state index is 0.341. The van der Waals surface area contributed by atoms with E-state index in [1.165, 1.54) is 6.42 Å². The van der Waals surface area contributed by atoms with E-state index in [-0.39, 0.29) is 0 Å². The molecule has 1 aliphatic heterocycles. The number of nitrogens with zero attached hydrogens (tertiary/aromatic N) is 5. The fourth-order valence-electron chi connectivity index (χ4n) is 2.26. The molecular formula is C11H15N5. The SMILES string of the molecule is Cc1cnc(N=[N+]=[N-])c(C2CCCN2C)c1. The van der Waals surface area contributed by atoms with Crippen molar-refractivity contribution in [2.75, 3.05) is 13.6 Å². The fourth-order valence-corrected chi connectivity index (χ4v) is 2.26. The van der Waals surface area contributed by atoms with Gasteiger partial charge in [0, 0.05) is 17.2 Å². The van der Waals surface area contributed by atoms with E-state index in [0.29, 0.717) is 11.9 Å². The van der Waals surface area contributed by atoms with E-state index in [1.54, 1.807) is 6.20 Å². The maximum Gasteiger partial charge on any atom is 0.131 e. The third-order valence-corrected chi connectivity index (χ3v) is 3.05. The smallest absolute Gasteiger partial charge is 0.131 e. The molecule has 1 aromatic heterocycles. The summed E-state index contributed by atoms with van der Waals surface area (Å²) < 4.78 is 0. The van der Waals surface area contributed by atoms with Crippen molar-refractivity contribution in [1.29, 1.82) is 0 Å². The zero-order valence-electron chi connectivity index (χ0n) is 9.59. The summed E-state index contributed by atoms with van der Waals surface area (Å²) in [4.78, 5) is 9.32. The molecule has 1 aromatic rings. The minimum Gasteiger partial charge on any atom is -0.299 e. The maximum absolute atomic E-state index is 8.53. The van der Waals surface area contributed by atoms with Crippen molar-refractivity contribution in [3.63, 3.8) is 0 Å². The summed E-state index contributed by atoms with van der Waals surface area (Å²) in [6.07, 6.45) is 4.03. The summed E-state index contributed by atoms with van der Waals surface area (Å²) in [6, 6.07) is 2.41. The number of likely N-dealkylation sites (tertiary alicyclic amines) is 1. The maximum atomic E-state index is 8.53. The normalized spacial score (nSPS) is 20.8. The number of aromatic nitrogens is 1. The van der Waals surface area contributed by atoms with Gasteiger partial charge in [0.1, 0.15) is 5.82 Å². The van der Waals surface area contributed by atoms with Crippen LogP contribution in [0.15, 0.2) is 17.4 Å². The molecule has 2 rings (SSSR count). The van der Waals surface area contributed by atoms with Gasteiger partial charge >= 0.3 is 0 Å². The predicted molar refractivity (Wildman–Crippen MR) is 62.4 cm³/mol. The molecule has 5 nitrogen and oxygen atoms in total. The molecular weight excluding hydrogens is 202 g/mol. The van der Waals surface area contributed by atoms with E-state index < -0.39 is 0 Å². The van der Waals surface area contributed by atoms with Gasteiger partial charge in [-0.1, -0.05) is 6.07 Å². The van der Waals surface area contributed by atoms with E-state index >= 15 is 0 Å². The highest BCUT2D eigenvalue weighted by Crippen LogP contribution is 2.35. The van der Waals surface area contributed by atoms with Gasteiger partial charge in [-0.05, 0) is 55.1 Å². The zero-order chi connectivity index (χ0) is 11.5. The Balaban J connectivity index is 2.44. The Labute approximate surface area is 94.7 Å². The zero-order valence-corrected chi connectivity index (χ0v) is 9.59. The molecule has 0 bridgehead atoms. The van der Waals surface area contributed by atoms with Gasteiger partial charge in [0.15, 0.2) is 0 Å². The first-order chi connectivity index (χ1) is 7.72. The Kier molecular flexibility index (Phi) is 3.08. The van der Waals surface area contributed by atoms with Crippen molar-refractivity contribution in [1.82, 2.24) is 9.88 Å². The van der Waals surface area contributed by atoms with Crippen molar-refractivity contribution in [2.24, 2.45) is 5.11 Å². The van der Waals surface area contributed by atoms with E-state index in [9.17, 15) is 0 Å². The fraction of sp³-hybridized carbons (Fsp3) is 0.545. The van der Waals surface area contributed by atoms with Crippen LogP contribution in [0, 0.1) is 6.92 Å². The van der Waals surface area contributed by atoms with Gasteiger partial charge < -0.3 is 0 Å². The Morgan fingerprint density at radius 3 is 3.06 bits per heavy atom. The van der Waals surface area contributed by atoms with Crippen molar-refractivity contribution >= 4 is 5.82 Å². The van der Waals surface area contributed by atoms with Crippen molar-refractivity contribution in [3.05, 3.63) is 33.8 Å². The lowest BCUT2D eigenvalue weighted by Crippen LogP contribution is -2.17. The highest BCUT2D eigenvalue weighted by atomic mass is 15.2. The molecule has 84 valence electrons. The van der Waals surface area contributed by atoms with Crippen LogP contribution in [0.2, 0.25) is 0 Å². The number of pyridine rings is 1. The highest BCUT2D eigenvalue weighted by Gasteiger charge is 2.25. The van der Waals surface area contributed by atoms with Crippen LogP contribution in [0.3, 0.4) is 0 Å². The number of azide groups is 1. The highest BCUT2D eigenvalue weighted by molar-refractivity contribution is 5.42. The van der Waals surface area contributed by atoms with Gasteiger partial charge in [-0.25, -0.2) is 0 Å². The van der Waals surface area contributed by atoms with Gasteiger partial charge in [-0.2, -0.15) is 0 Å². The molecule has 16 heavy (non-hydrogen) atoms. The van der Waals surface area contributed by atoms with Gasteiger partial charge in [0.25, 0.3) is 0 Å². The van der Waals surface area contributed by atoms with E-state index in [2.05, 4.69) is 33.0 Å². The Morgan fingerprint density at radius 1 is 1.62 bits per heavy atom. The summed E-state index contributed by atoms with van der Waals surface area (Å²) in [6.45, 7) is 3.10. The van der Waals surface area contributed by atoms with Crippen LogP contribution in [0.25, 0.3) is 10.4 Å². The lowest BCUT2D eigenvalue weighted by molar-refractivity contribution is 0.317. The molecule has 1 saturated heterocycles. The average molecular weight is 217 g/mol. The first-order valence-corrected chi connectivity index (χ1v) is 5.44. The van der Waals surface area contributed by atoms with Crippen LogP contribution in [-0.2, 0) is 0 Å². The summed E-state index contributed by atoms with van der Waals surface area (Å²) in [5.74, 6) is 0.520. The summed E-state index contributed by atoms with van der Waals surface area (Å²) in [7, 11) is 2.10. The molecule has 0 aliphatic carbocycles. The largest absolute Gasteiger partial charge is 0.299 e. The van der Waals surface area contributed by atoms with Crippen molar-refractivity contribution in [2.45, 2.75) is 25.8 Å². The average Bonchev–Trinajstić information content (AvgIpc) is 2.67. The third-order valence-electron chi connectivity index (χ3n) is 3.05. The summed E-state index contributed by atoms with van der Waals surface area (Å²) >= 11 is 0. The Bertz CT molecular complexity index is 436. The van der Waals surface area contributed by atoms with E-state index in [0.717, 1.165) is 24.1 Å². The van der Waals surface area contributed by atoms with Crippen LogP contribution in [0.5, 0.6) is 0 Å². The molecule has 0 amide bonds. The number of hydrogen-bond donors (Lipinski definition) is 0. The second-order valence-electron chi connectivity index (χ2n) is 4.25. The Morgan fingerprint density at radius 2 is 2.44 bits per heavy atom. The second-order valence-corrected chi connectivity index (χ2v) is 4.25. The Hall–Kier alpha value is -1.58. The van der Waals surface area contributed by atoms with Crippen LogP contribution in [-0.4, -0.2) is 23.5 Å². The quantitative estimate of drug-likeness (QED) is 0.434. The van der Waals surface area contributed by atoms with Crippen LogP contribution in [0.4, 0.5) is 5.82 Å². The number of hydrogen-bond acceptors (Lipinski definition) is 3. The lowest BCUT2D eigenvalue weighted by atomic mass is 10.0. The number of aryl methyl sites for hydroxylation is 1. The topological polar surface area (TPSA) is 64.9 Å². The molecule has 5 heteroatoms. The predicted octanol–water partition coefficient (Wildman–Crippen LogP) is 3.10. The molecule has 0 radical (unpaired) electrons. The summed E-state index contributed by atoms with van der Waals surface area (Å²) in [5, 5.41) is 3.67. The monoisotopic (exact) mass is 217 g/mol. The number of rotatable bonds is 2. The third kappa shape index (κ3) is 2.01. The molecule has 1 unspecified atom stereocenters. The first kappa shape index (κ1) is 10.9. The van der Waals surface area contributed by atoms with Gasteiger partial charge in [0.2, 0.25) is 0 Å².